The fourth-order valence-corrected chi connectivity index (χ4v) is 14.3. The van der Waals surface area contributed by atoms with Gasteiger partial charge in [0.15, 0.2) is 0 Å². The minimum absolute atomic E-state index is 0.866. The lowest BCUT2D eigenvalue weighted by molar-refractivity contribution is 0.668. The molecule has 0 spiro atoms. The summed E-state index contributed by atoms with van der Waals surface area (Å²) in [6.07, 6.45) is 0. The van der Waals surface area contributed by atoms with Gasteiger partial charge in [-0.25, -0.2) is 0 Å². The van der Waals surface area contributed by atoms with E-state index in [1.165, 1.54) is 120 Å². The lowest BCUT2D eigenvalue weighted by atomic mass is 9.84. The lowest BCUT2D eigenvalue weighted by Gasteiger charge is -2.19. The molecule has 18 rings (SSSR count). The Labute approximate surface area is 495 Å². The maximum Gasteiger partial charge on any atom is 0.136 e. The van der Waals surface area contributed by atoms with Gasteiger partial charge in [0, 0.05) is 21.5 Å². The highest BCUT2D eigenvalue weighted by molar-refractivity contribution is 6.25. The number of hydrogen-bond acceptors (Lipinski definition) is 2. The molecular formula is C84H50O2. The van der Waals surface area contributed by atoms with Crippen LogP contribution in [0.15, 0.2) is 312 Å². The zero-order chi connectivity index (χ0) is 56.4. The molecule has 0 saturated heterocycles. The molecule has 0 fully saturated rings. The van der Waals surface area contributed by atoms with Crippen molar-refractivity contribution in [3.63, 3.8) is 0 Å². The van der Waals surface area contributed by atoms with E-state index in [1.54, 1.807) is 0 Å². The van der Waals surface area contributed by atoms with Crippen molar-refractivity contribution in [2.45, 2.75) is 0 Å². The van der Waals surface area contributed by atoms with Gasteiger partial charge in [-0.15, -0.1) is 0 Å². The smallest absolute Gasteiger partial charge is 0.136 e. The molecule has 0 saturated carbocycles. The highest BCUT2D eigenvalue weighted by Crippen LogP contribution is 2.49. The summed E-state index contributed by atoms with van der Waals surface area (Å²) in [6.45, 7) is 0. The molecule has 16 aromatic carbocycles. The van der Waals surface area contributed by atoms with Gasteiger partial charge in [0.05, 0.1) is 0 Å². The second kappa shape index (κ2) is 19.1. The molecule has 0 aliphatic rings. The maximum absolute atomic E-state index is 6.80. The van der Waals surface area contributed by atoms with Crippen molar-refractivity contribution < 1.29 is 8.83 Å². The Bertz CT molecular complexity index is 5720. The topological polar surface area (TPSA) is 26.3 Å². The van der Waals surface area contributed by atoms with Crippen LogP contribution in [-0.4, -0.2) is 0 Å². The molecule has 0 amide bonds. The van der Waals surface area contributed by atoms with Crippen LogP contribution in [0.2, 0.25) is 0 Å². The fraction of sp³-hybridized carbons (Fsp3) is 0. The van der Waals surface area contributed by atoms with Crippen molar-refractivity contribution in [2.24, 2.45) is 0 Å². The van der Waals surface area contributed by atoms with Crippen LogP contribution < -0.4 is 0 Å². The Morgan fingerprint density at radius 3 is 1.12 bits per heavy atom. The summed E-state index contributed by atoms with van der Waals surface area (Å²) >= 11 is 0. The number of hydrogen-bond donors (Lipinski definition) is 0. The molecule has 2 nitrogen and oxygen atoms in total. The van der Waals surface area contributed by atoms with Crippen molar-refractivity contribution in [2.75, 3.05) is 0 Å². The monoisotopic (exact) mass is 1090 g/mol. The van der Waals surface area contributed by atoms with Crippen LogP contribution >= 0.6 is 0 Å². The van der Waals surface area contributed by atoms with Crippen molar-refractivity contribution in [1.82, 2.24) is 0 Å². The first-order valence-electron chi connectivity index (χ1n) is 29.6. The van der Waals surface area contributed by atoms with Gasteiger partial charge in [-0.1, -0.05) is 231 Å². The molecule has 0 aliphatic heterocycles. The fourth-order valence-electron chi connectivity index (χ4n) is 14.3. The van der Waals surface area contributed by atoms with Crippen molar-refractivity contribution >= 4 is 109 Å². The van der Waals surface area contributed by atoms with Gasteiger partial charge in [0.1, 0.15) is 22.3 Å². The molecule has 2 heteroatoms. The summed E-state index contributed by atoms with van der Waals surface area (Å²) in [6, 6.07) is 111. The van der Waals surface area contributed by atoms with Crippen molar-refractivity contribution in [1.29, 1.82) is 0 Å². The molecule has 0 bridgehead atoms. The first-order chi connectivity index (χ1) is 42.6. The molecule has 86 heavy (non-hydrogen) atoms. The van der Waals surface area contributed by atoms with Gasteiger partial charge in [0.2, 0.25) is 0 Å². The highest BCUT2D eigenvalue weighted by atomic mass is 16.3. The second-order valence-electron chi connectivity index (χ2n) is 23.0. The van der Waals surface area contributed by atoms with Gasteiger partial charge in [-0.3, -0.25) is 0 Å². The zero-order valence-electron chi connectivity index (χ0n) is 46.7. The standard InChI is InChI=1S/C84H50O2/c1-2-17-51(18-3-1)53-33-34-55-45-59(36-35-54(55)43-53)81-66-24-6-8-26-68(66)82(69-27-9-7-25-67(69)81)61-39-42-79-76(48-61)65-40-37-56(50-80(65)86-79)52-20-16-21-58(44-52)74-49-62(46-57-19-4-5-22-63(57)74)84-72-30-12-10-28-70(72)83(71-29-11-13-31-73(71)84)60-38-41-78-75(47-60)64-23-14-15-32-77(64)85-78/h1-50H. The molecule has 398 valence electrons. The predicted molar refractivity (Wildman–Crippen MR) is 364 cm³/mol. The Kier molecular flexibility index (Phi) is 10.7. The third-order valence-electron chi connectivity index (χ3n) is 18.2. The molecule has 0 N–H and O–H groups in total. The molecule has 18 aromatic rings. The van der Waals surface area contributed by atoms with Crippen LogP contribution in [0.3, 0.4) is 0 Å². The average molecular weight is 1090 g/mol. The normalized spacial score (nSPS) is 12.0. The third-order valence-corrected chi connectivity index (χ3v) is 18.2. The Hall–Kier alpha value is -11.3. The maximum atomic E-state index is 6.80. The first-order valence-corrected chi connectivity index (χ1v) is 29.6. The molecular weight excluding hydrogens is 1040 g/mol. The molecule has 2 heterocycles. The van der Waals surface area contributed by atoms with E-state index in [2.05, 4.69) is 297 Å². The summed E-state index contributed by atoms with van der Waals surface area (Å²) in [5, 5.41) is 19.1. The largest absolute Gasteiger partial charge is 0.456 e. The Morgan fingerprint density at radius 2 is 0.523 bits per heavy atom. The minimum Gasteiger partial charge on any atom is -0.456 e. The summed E-state index contributed by atoms with van der Waals surface area (Å²) in [5.74, 6) is 0. The summed E-state index contributed by atoms with van der Waals surface area (Å²) in [5.41, 5.74) is 20.2. The van der Waals surface area contributed by atoms with Crippen LogP contribution in [0.5, 0.6) is 0 Å². The van der Waals surface area contributed by atoms with Gasteiger partial charge in [0.25, 0.3) is 0 Å². The Morgan fingerprint density at radius 1 is 0.151 bits per heavy atom. The SMILES string of the molecule is c1ccc(-c2ccc3cc(-c4c5ccccc5c(-c5ccc6oc7cc(-c8cccc(-c9cc(-c%10c%11ccccc%11c(-c%11ccc%12oc%13ccccc%13c%12c%11)c%11ccccc%10%11)cc%10ccccc9%10)c8)ccc7c6c5)c5ccccc45)ccc3c2)cc1. The lowest BCUT2D eigenvalue weighted by Crippen LogP contribution is -1.92. The minimum atomic E-state index is 0.866. The molecule has 0 unspecified atom stereocenters. The highest BCUT2D eigenvalue weighted by Gasteiger charge is 2.22. The van der Waals surface area contributed by atoms with Crippen molar-refractivity contribution in [3.8, 4) is 77.9 Å². The quantitative estimate of drug-likeness (QED) is 0.149. The van der Waals surface area contributed by atoms with E-state index < -0.39 is 0 Å². The summed E-state index contributed by atoms with van der Waals surface area (Å²) in [7, 11) is 0. The van der Waals surface area contributed by atoms with E-state index in [0.29, 0.717) is 0 Å². The van der Waals surface area contributed by atoms with Crippen LogP contribution in [0.25, 0.3) is 186 Å². The zero-order valence-corrected chi connectivity index (χ0v) is 46.7. The van der Waals surface area contributed by atoms with Crippen LogP contribution in [0.1, 0.15) is 0 Å². The van der Waals surface area contributed by atoms with Crippen LogP contribution in [0.4, 0.5) is 0 Å². The molecule has 2 aromatic heterocycles. The van der Waals surface area contributed by atoms with Crippen LogP contribution in [0, 0.1) is 0 Å². The molecule has 0 atom stereocenters. The van der Waals surface area contributed by atoms with E-state index in [9.17, 15) is 0 Å². The van der Waals surface area contributed by atoms with E-state index in [4.69, 9.17) is 8.83 Å². The number of rotatable bonds is 7. The number of fused-ring (bicyclic) bond motifs is 12. The van der Waals surface area contributed by atoms with Gasteiger partial charge < -0.3 is 8.83 Å². The number of para-hydroxylation sites is 1. The van der Waals surface area contributed by atoms with E-state index in [1.807, 2.05) is 6.07 Å². The van der Waals surface area contributed by atoms with E-state index in [0.717, 1.165) is 66.1 Å². The van der Waals surface area contributed by atoms with Gasteiger partial charge in [-0.05, 0) is 215 Å². The number of furan rings is 2. The molecule has 0 radical (unpaired) electrons. The Balaban J connectivity index is 0.728. The number of benzene rings is 16. The summed E-state index contributed by atoms with van der Waals surface area (Å²) < 4.78 is 13.1. The van der Waals surface area contributed by atoms with E-state index in [-0.39, 0.29) is 0 Å². The van der Waals surface area contributed by atoms with Crippen molar-refractivity contribution in [3.05, 3.63) is 303 Å². The average Bonchev–Trinajstić information content (AvgIpc) is 3.06. The third kappa shape index (κ3) is 7.60. The van der Waals surface area contributed by atoms with Crippen LogP contribution in [-0.2, 0) is 0 Å². The molecule has 0 aliphatic carbocycles. The second-order valence-corrected chi connectivity index (χ2v) is 23.0. The summed E-state index contributed by atoms with van der Waals surface area (Å²) in [4.78, 5) is 0. The van der Waals surface area contributed by atoms with E-state index >= 15 is 0 Å². The predicted octanol–water partition coefficient (Wildman–Crippen LogP) is 24.1. The van der Waals surface area contributed by atoms with Gasteiger partial charge in [-0.2, -0.15) is 0 Å². The van der Waals surface area contributed by atoms with Gasteiger partial charge >= 0.3 is 0 Å². The first kappa shape index (κ1) is 48.2.